The van der Waals surface area contributed by atoms with Gasteiger partial charge in [-0.3, -0.25) is 0 Å². The van der Waals surface area contributed by atoms with Crippen LogP contribution in [0.15, 0.2) is 6.07 Å². The number of rotatable bonds is 4. The molecule has 20 heavy (non-hydrogen) atoms. The van der Waals surface area contributed by atoms with E-state index < -0.39 is 0 Å². The summed E-state index contributed by atoms with van der Waals surface area (Å²) >= 11 is 0. The summed E-state index contributed by atoms with van der Waals surface area (Å²) < 4.78 is 2.23. The van der Waals surface area contributed by atoms with Gasteiger partial charge in [-0.05, 0) is 37.0 Å². The highest BCUT2D eigenvalue weighted by Crippen LogP contribution is 2.33. The number of hydrogen-bond acceptors (Lipinski definition) is 2. The third kappa shape index (κ3) is 3.18. The summed E-state index contributed by atoms with van der Waals surface area (Å²) in [5.74, 6) is 1.87. The molecule has 0 fully saturated rings. The van der Waals surface area contributed by atoms with E-state index >= 15 is 0 Å². The largest absolute Gasteiger partial charge is 0.367 e. The molecule has 2 rings (SSSR count). The Hall–Kier alpha value is -0.990. The monoisotopic (exact) mass is 277 g/mol. The summed E-state index contributed by atoms with van der Waals surface area (Å²) in [5.41, 5.74) is 1.58. The SMILES string of the molecule is CCC1CC(CC)n2nc(CC(C)C(C)(C)C)cc2N1. The molecular formula is C17H31N3. The Labute approximate surface area is 124 Å². The van der Waals surface area contributed by atoms with Crippen molar-refractivity contribution in [3.05, 3.63) is 11.8 Å². The number of nitrogens with one attached hydrogen (secondary N) is 1. The van der Waals surface area contributed by atoms with Crippen LogP contribution >= 0.6 is 0 Å². The number of nitrogens with zero attached hydrogens (tertiary/aromatic N) is 2. The molecule has 3 nitrogen and oxygen atoms in total. The van der Waals surface area contributed by atoms with Crippen LogP contribution in [-0.2, 0) is 6.42 Å². The van der Waals surface area contributed by atoms with E-state index in [1.54, 1.807) is 0 Å². The zero-order valence-electron chi connectivity index (χ0n) is 14.0. The lowest BCUT2D eigenvalue weighted by Gasteiger charge is -2.31. The minimum Gasteiger partial charge on any atom is -0.367 e. The number of anilines is 1. The molecule has 0 aromatic carbocycles. The van der Waals surface area contributed by atoms with Gasteiger partial charge in [0.05, 0.1) is 11.7 Å². The Morgan fingerprint density at radius 3 is 2.60 bits per heavy atom. The van der Waals surface area contributed by atoms with Crippen molar-refractivity contribution in [1.29, 1.82) is 0 Å². The second-order valence-corrected chi connectivity index (χ2v) is 7.48. The summed E-state index contributed by atoms with van der Waals surface area (Å²) in [4.78, 5) is 0. The van der Waals surface area contributed by atoms with Gasteiger partial charge in [0, 0.05) is 12.1 Å². The van der Waals surface area contributed by atoms with E-state index in [0.29, 0.717) is 23.4 Å². The summed E-state index contributed by atoms with van der Waals surface area (Å²) in [6.07, 6.45) is 4.63. The van der Waals surface area contributed by atoms with Crippen molar-refractivity contribution in [2.45, 2.75) is 79.3 Å². The number of hydrogen-bond donors (Lipinski definition) is 1. The Morgan fingerprint density at radius 1 is 1.35 bits per heavy atom. The van der Waals surface area contributed by atoms with Gasteiger partial charge in [-0.1, -0.05) is 41.5 Å². The van der Waals surface area contributed by atoms with E-state index in [4.69, 9.17) is 5.10 Å². The summed E-state index contributed by atoms with van der Waals surface area (Å²) in [6.45, 7) is 13.8. The molecule has 0 aliphatic carbocycles. The fourth-order valence-electron chi connectivity index (χ4n) is 2.86. The zero-order valence-corrected chi connectivity index (χ0v) is 14.0. The minimum absolute atomic E-state index is 0.341. The topological polar surface area (TPSA) is 29.9 Å². The molecule has 2 heterocycles. The highest BCUT2D eigenvalue weighted by molar-refractivity contribution is 5.41. The van der Waals surface area contributed by atoms with Gasteiger partial charge in [0.25, 0.3) is 0 Å². The van der Waals surface area contributed by atoms with Crippen molar-refractivity contribution >= 4 is 5.82 Å². The van der Waals surface area contributed by atoms with Crippen LogP contribution in [0.5, 0.6) is 0 Å². The van der Waals surface area contributed by atoms with Crippen LogP contribution in [0.1, 0.15) is 72.5 Å². The first kappa shape index (κ1) is 15.4. The van der Waals surface area contributed by atoms with Gasteiger partial charge in [-0.15, -0.1) is 0 Å². The first-order valence-electron chi connectivity index (χ1n) is 8.20. The predicted octanol–water partition coefficient (Wildman–Crippen LogP) is 4.65. The molecule has 114 valence electrons. The van der Waals surface area contributed by atoms with Gasteiger partial charge in [-0.2, -0.15) is 5.10 Å². The third-order valence-electron chi connectivity index (χ3n) is 5.00. The van der Waals surface area contributed by atoms with Gasteiger partial charge < -0.3 is 5.32 Å². The van der Waals surface area contributed by atoms with Crippen LogP contribution < -0.4 is 5.32 Å². The molecule has 3 unspecified atom stereocenters. The summed E-state index contributed by atoms with van der Waals surface area (Å²) in [5, 5.41) is 8.52. The lowest BCUT2D eigenvalue weighted by Crippen LogP contribution is -2.31. The van der Waals surface area contributed by atoms with Crippen molar-refractivity contribution in [3.8, 4) is 0 Å². The maximum absolute atomic E-state index is 4.88. The van der Waals surface area contributed by atoms with E-state index in [1.165, 1.54) is 30.8 Å². The second kappa shape index (κ2) is 5.79. The smallest absolute Gasteiger partial charge is 0.125 e. The summed E-state index contributed by atoms with van der Waals surface area (Å²) in [6, 6.07) is 3.44. The summed E-state index contributed by atoms with van der Waals surface area (Å²) in [7, 11) is 0. The van der Waals surface area contributed by atoms with E-state index in [1.807, 2.05) is 0 Å². The molecule has 0 bridgehead atoms. The number of aromatic nitrogens is 2. The molecule has 0 saturated heterocycles. The van der Waals surface area contributed by atoms with Crippen LogP contribution in [0, 0.1) is 11.3 Å². The van der Waals surface area contributed by atoms with E-state index in [-0.39, 0.29) is 0 Å². The van der Waals surface area contributed by atoms with Gasteiger partial charge in [0.2, 0.25) is 0 Å². The Bertz CT molecular complexity index is 442. The molecule has 0 radical (unpaired) electrons. The molecule has 1 aromatic rings. The van der Waals surface area contributed by atoms with Crippen LogP contribution in [0.25, 0.3) is 0 Å². The molecular weight excluding hydrogens is 246 g/mol. The van der Waals surface area contributed by atoms with Gasteiger partial charge >= 0.3 is 0 Å². The lowest BCUT2D eigenvalue weighted by molar-refractivity contribution is 0.257. The Kier molecular flexibility index (Phi) is 4.46. The zero-order chi connectivity index (χ0) is 14.9. The molecule has 1 N–H and O–H groups in total. The molecule has 1 aromatic heterocycles. The Balaban J connectivity index is 2.18. The minimum atomic E-state index is 0.341. The van der Waals surface area contributed by atoms with Crippen molar-refractivity contribution < 1.29 is 0 Å². The van der Waals surface area contributed by atoms with Crippen LogP contribution in [-0.4, -0.2) is 15.8 Å². The molecule has 1 aliphatic rings. The fraction of sp³-hybridized carbons (Fsp3) is 0.824. The maximum atomic E-state index is 4.88. The van der Waals surface area contributed by atoms with Gasteiger partial charge in [0.1, 0.15) is 5.82 Å². The van der Waals surface area contributed by atoms with Crippen molar-refractivity contribution in [2.24, 2.45) is 11.3 Å². The Morgan fingerprint density at radius 2 is 2.05 bits per heavy atom. The maximum Gasteiger partial charge on any atom is 0.125 e. The van der Waals surface area contributed by atoms with E-state index in [0.717, 1.165) is 6.42 Å². The highest BCUT2D eigenvalue weighted by atomic mass is 15.4. The third-order valence-corrected chi connectivity index (χ3v) is 5.00. The van der Waals surface area contributed by atoms with E-state index in [9.17, 15) is 0 Å². The highest BCUT2D eigenvalue weighted by Gasteiger charge is 2.27. The molecule has 1 aliphatic heterocycles. The van der Waals surface area contributed by atoms with Crippen LogP contribution in [0.3, 0.4) is 0 Å². The molecule has 0 saturated carbocycles. The van der Waals surface area contributed by atoms with Crippen molar-refractivity contribution in [3.63, 3.8) is 0 Å². The van der Waals surface area contributed by atoms with Gasteiger partial charge in [-0.25, -0.2) is 4.68 Å². The van der Waals surface area contributed by atoms with E-state index in [2.05, 4.69) is 57.6 Å². The predicted molar refractivity (Wildman–Crippen MR) is 86.2 cm³/mol. The quantitative estimate of drug-likeness (QED) is 0.868. The normalized spacial score (nSPS) is 24.1. The fourth-order valence-corrected chi connectivity index (χ4v) is 2.86. The first-order chi connectivity index (χ1) is 9.35. The van der Waals surface area contributed by atoms with Crippen molar-refractivity contribution in [1.82, 2.24) is 9.78 Å². The lowest BCUT2D eigenvalue weighted by atomic mass is 9.79. The molecule has 0 spiro atoms. The van der Waals surface area contributed by atoms with Crippen LogP contribution in [0.2, 0.25) is 0 Å². The molecule has 0 amide bonds. The van der Waals surface area contributed by atoms with Crippen LogP contribution in [0.4, 0.5) is 5.82 Å². The standard InChI is InChI=1S/C17H31N3/c1-7-13-10-15(8-2)20-16(18-13)11-14(19-20)9-12(3)17(4,5)6/h11-13,15,18H,7-10H2,1-6H3. The average Bonchev–Trinajstić information content (AvgIpc) is 2.78. The second-order valence-electron chi connectivity index (χ2n) is 7.48. The molecule has 3 atom stereocenters. The average molecular weight is 277 g/mol. The first-order valence-corrected chi connectivity index (χ1v) is 8.20. The number of fused-ring (bicyclic) bond motifs is 1. The van der Waals surface area contributed by atoms with Crippen molar-refractivity contribution in [2.75, 3.05) is 5.32 Å². The van der Waals surface area contributed by atoms with Gasteiger partial charge in [0.15, 0.2) is 0 Å². The molecule has 3 heteroatoms.